The van der Waals surface area contributed by atoms with E-state index in [1.54, 1.807) is 6.07 Å². The molecule has 1 atom stereocenters. The third kappa shape index (κ3) is 3.55. The van der Waals surface area contributed by atoms with Gasteiger partial charge >= 0.3 is 0 Å². The summed E-state index contributed by atoms with van der Waals surface area (Å²) in [4.78, 5) is 2.32. The first kappa shape index (κ1) is 15.4. The second-order valence-corrected chi connectivity index (χ2v) is 6.10. The van der Waals surface area contributed by atoms with E-state index in [0.29, 0.717) is 18.9 Å². The van der Waals surface area contributed by atoms with Gasteiger partial charge in [-0.3, -0.25) is 0 Å². The summed E-state index contributed by atoms with van der Waals surface area (Å²) in [5, 5.41) is 10.7. The molecule has 0 radical (unpaired) electrons. The molecule has 112 valence electrons. The fourth-order valence-electron chi connectivity index (χ4n) is 2.93. The van der Waals surface area contributed by atoms with Crippen LogP contribution in [-0.4, -0.2) is 34.7 Å². The van der Waals surface area contributed by atoms with Crippen LogP contribution in [0.3, 0.4) is 0 Å². The van der Waals surface area contributed by atoms with E-state index < -0.39 is 17.2 Å². The number of aliphatic hydroxyl groups is 1. The fourth-order valence-corrected chi connectivity index (χ4v) is 2.93. The summed E-state index contributed by atoms with van der Waals surface area (Å²) < 4.78 is 27.0. The van der Waals surface area contributed by atoms with Gasteiger partial charge in [-0.05, 0) is 51.3 Å². The van der Waals surface area contributed by atoms with Crippen molar-refractivity contribution in [2.45, 2.75) is 51.2 Å². The van der Waals surface area contributed by atoms with Gasteiger partial charge in [-0.2, -0.15) is 0 Å². The molecule has 1 aromatic carbocycles. The van der Waals surface area contributed by atoms with Crippen LogP contribution in [0.5, 0.6) is 0 Å². The van der Waals surface area contributed by atoms with Crippen molar-refractivity contribution in [3.63, 3.8) is 0 Å². The Kier molecular flexibility index (Phi) is 4.76. The number of rotatable bonds is 3. The predicted molar refractivity (Wildman–Crippen MR) is 75.6 cm³/mol. The summed E-state index contributed by atoms with van der Waals surface area (Å²) in [6.07, 6.45) is 2.29. The summed E-state index contributed by atoms with van der Waals surface area (Å²) in [7, 11) is 0. The van der Waals surface area contributed by atoms with Crippen LogP contribution >= 0.6 is 0 Å². The van der Waals surface area contributed by atoms with E-state index in [-0.39, 0.29) is 12.0 Å². The zero-order valence-electron chi connectivity index (χ0n) is 12.2. The van der Waals surface area contributed by atoms with Crippen molar-refractivity contribution >= 4 is 0 Å². The Morgan fingerprint density at radius 2 is 2.00 bits per heavy atom. The van der Waals surface area contributed by atoms with Gasteiger partial charge in [0.05, 0.1) is 5.60 Å². The maximum atomic E-state index is 13.7. The molecule has 4 heteroatoms. The number of halogens is 2. The Balaban J connectivity index is 2.09. The highest BCUT2D eigenvalue weighted by Gasteiger charge is 2.32. The Labute approximate surface area is 119 Å². The minimum Gasteiger partial charge on any atom is -0.389 e. The summed E-state index contributed by atoms with van der Waals surface area (Å²) in [6.45, 7) is 6.02. The molecule has 1 saturated heterocycles. The highest BCUT2D eigenvalue weighted by Crippen LogP contribution is 2.28. The van der Waals surface area contributed by atoms with Crippen LogP contribution < -0.4 is 0 Å². The van der Waals surface area contributed by atoms with E-state index in [1.807, 2.05) is 0 Å². The van der Waals surface area contributed by atoms with Gasteiger partial charge in [0.25, 0.3) is 0 Å². The Bertz CT molecular complexity index is 464. The van der Waals surface area contributed by atoms with E-state index in [0.717, 1.165) is 25.6 Å². The van der Waals surface area contributed by atoms with Gasteiger partial charge in [0, 0.05) is 19.0 Å². The summed E-state index contributed by atoms with van der Waals surface area (Å²) in [5.74, 6) is -1.67. The second kappa shape index (κ2) is 6.19. The lowest BCUT2D eigenvalue weighted by atomic mass is 9.87. The minimum atomic E-state index is -0.932. The fraction of sp³-hybridized carbons (Fsp3) is 0.625. The van der Waals surface area contributed by atoms with Gasteiger partial charge in [0.2, 0.25) is 0 Å². The van der Waals surface area contributed by atoms with Crippen LogP contribution in [0.25, 0.3) is 0 Å². The minimum absolute atomic E-state index is 0.183. The van der Waals surface area contributed by atoms with Crippen LogP contribution in [0, 0.1) is 11.6 Å². The van der Waals surface area contributed by atoms with Crippen LogP contribution in [0.2, 0.25) is 0 Å². The van der Waals surface area contributed by atoms with E-state index >= 15 is 0 Å². The molecular weight excluding hydrogens is 260 g/mol. The van der Waals surface area contributed by atoms with E-state index in [9.17, 15) is 13.9 Å². The monoisotopic (exact) mass is 283 g/mol. The first-order valence-corrected chi connectivity index (χ1v) is 7.31. The lowest BCUT2D eigenvalue weighted by molar-refractivity contribution is 0.0240. The lowest BCUT2D eigenvalue weighted by Gasteiger charge is -2.28. The molecule has 1 heterocycles. The average molecular weight is 283 g/mol. The Hall–Kier alpha value is -1.00. The van der Waals surface area contributed by atoms with Crippen LogP contribution in [0.1, 0.15) is 38.7 Å². The molecule has 1 aromatic rings. The molecule has 1 aliphatic rings. The van der Waals surface area contributed by atoms with Gasteiger partial charge < -0.3 is 10.0 Å². The normalized spacial score (nSPS) is 24.9. The van der Waals surface area contributed by atoms with Crippen molar-refractivity contribution in [3.05, 3.63) is 35.4 Å². The summed E-state index contributed by atoms with van der Waals surface area (Å²) >= 11 is 0. The molecule has 20 heavy (non-hydrogen) atoms. The summed E-state index contributed by atoms with van der Waals surface area (Å²) in [6, 6.07) is 4.61. The highest BCUT2D eigenvalue weighted by molar-refractivity contribution is 5.21. The zero-order chi connectivity index (χ0) is 14.8. The van der Waals surface area contributed by atoms with Gasteiger partial charge in [-0.25, -0.2) is 8.78 Å². The molecule has 0 saturated carbocycles. The zero-order valence-corrected chi connectivity index (χ0v) is 12.2. The van der Waals surface area contributed by atoms with Crippen LogP contribution in [-0.2, 0) is 6.42 Å². The van der Waals surface area contributed by atoms with Crippen molar-refractivity contribution in [1.82, 2.24) is 4.90 Å². The lowest BCUT2D eigenvalue weighted by Crippen LogP contribution is -2.35. The molecule has 1 N–H and O–H groups in total. The van der Waals surface area contributed by atoms with E-state index in [2.05, 4.69) is 18.7 Å². The number of hydrogen-bond donors (Lipinski definition) is 1. The van der Waals surface area contributed by atoms with Crippen LogP contribution in [0.15, 0.2) is 18.2 Å². The number of hydrogen-bond acceptors (Lipinski definition) is 2. The van der Waals surface area contributed by atoms with Crippen molar-refractivity contribution in [2.24, 2.45) is 0 Å². The molecule has 1 aliphatic heterocycles. The van der Waals surface area contributed by atoms with E-state index in [1.165, 1.54) is 6.07 Å². The van der Waals surface area contributed by atoms with Gasteiger partial charge in [0.15, 0.2) is 11.6 Å². The quantitative estimate of drug-likeness (QED) is 0.921. The maximum absolute atomic E-state index is 13.7. The molecule has 1 fully saturated rings. The largest absolute Gasteiger partial charge is 0.389 e. The van der Waals surface area contributed by atoms with E-state index in [4.69, 9.17) is 0 Å². The molecule has 0 aromatic heterocycles. The predicted octanol–water partition coefficient (Wildman–Crippen LogP) is 3.13. The highest BCUT2D eigenvalue weighted by atomic mass is 19.2. The maximum Gasteiger partial charge on any atom is 0.162 e. The SMILES string of the molecule is CC(C)N1CCCC(O)(Cc2cccc(F)c2F)CC1. The Morgan fingerprint density at radius 1 is 1.25 bits per heavy atom. The number of likely N-dealkylation sites (tertiary alicyclic amines) is 1. The van der Waals surface area contributed by atoms with Crippen molar-refractivity contribution in [1.29, 1.82) is 0 Å². The third-order valence-corrected chi connectivity index (χ3v) is 4.23. The third-order valence-electron chi connectivity index (χ3n) is 4.23. The van der Waals surface area contributed by atoms with Gasteiger partial charge in [-0.15, -0.1) is 0 Å². The average Bonchev–Trinajstić information content (AvgIpc) is 2.57. The molecule has 0 bridgehead atoms. The molecule has 2 rings (SSSR count). The molecular formula is C16H23F2NO. The molecule has 0 amide bonds. The molecule has 0 aliphatic carbocycles. The number of benzene rings is 1. The molecule has 2 nitrogen and oxygen atoms in total. The van der Waals surface area contributed by atoms with Gasteiger partial charge in [-0.1, -0.05) is 12.1 Å². The smallest absolute Gasteiger partial charge is 0.162 e. The molecule has 0 spiro atoms. The van der Waals surface area contributed by atoms with Crippen LogP contribution in [0.4, 0.5) is 8.78 Å². The van der Waals surface area contributed by atoms with Crippen molar-refractivity contribution in [3.8, 4) is 0 Å². The standard InChI is InChI=1S/C16H23F2NO/c1-12(2)19-9-4-7-16(20,8-10-19)11-13-5-3-6-14(17)15(13)18/h3,5-6,12,20H,4,7-11H2,1-2H3. The van der Waals surface area contributed by atoms with Crippen molar-refractivity contribution < 1.29 is 13.9 Å². The first-order chi connectivity index (χ1) is 9.41. The molecule has 1 unspecified atom stereocenters. The number of nitrogens with zero attached hydrogens (tertiary/aromatic N) is 1. The van der Waals surface area contributed by atoms with Crippen molar-refractivity contribution in [2.75, 3.05) is 13.1 Å². The second-order valence-electron chi connectivity index (χ2n) is 6.10. The first-order valence-electron chi connectivity index (χ1n) is 7.31. The Morgan fingerprint density at radius 3 is 2.70 bits per heavy atom. The van der Waals surface area contributed by atoms with Gasteiger partial charge in [0.1, 0.15) is 0 Å². The topological polar surface area (TPSA) is 23.5 Å². The summed E-state index contributed by atoms with van der Waals surface area (Å²) in [5.41, 5.74) is -0.663.